The van der Waals surface area contributed by atoms with Gasteiger partial charge in [0.25, 0.3) is 0 Å². The third kappa shape index (κ3) is 3.62. The Kier molecular flexibility index (Phi) is 4.96. The van der Waals surface area contributed by atoms with Crippen molar-refractivity contribution in [2.45, 2.75) is 30.7 Å². The molecule has 6 heteroatoms. The Labute approximate surface area is 154 Å². The van der Waals surface area contributed by atoms with Gasteiger partial charge < -0.3 is 15.0 Å². The molecule has 4 rings (SSSR count). The third-order valence-corrected chi connectivity index (χ3v) is 6.04. The first kappa shape index (κ1) is 17.5. The van der Waals surface area contributed by atoms with Crippen molar-refractivity contribution in [1.82, 2.24) is 15.1 Å². The first-order valence-electron chi connectivity index (χ1n) is 9.60. The molecule has 1 unspecified atom stereocenters. The van der Waals surface area contributed by atoms with Crippen LogP contribution in [0.4, 0.5) is 0 Å². The van der Waals surface area contributed by atoms with E-state index in [0.29, 0.717) is 19.8 Å². The van der Waals surface area contributed by atoms with E-state index in [0.717, 1.165) is 51.0 Å². The fraction of sp³-hybridized carbons (Fsp3) is 0.600. The summed E-state index contributed by atoms with van der Waals surface area (Å²) in [5, 5.41) is 3.25. The van der Waals surface area contributed by atoms with Crippen molar-refractivity contribution >= 4 is 11.8 Å². The van der Waals surface area contributed by atoms with Crippen LogP contribution in [0.5, 0.6) is 0 Å². The molecule has 1 N–H and O–H groups in total. The minimum atomic E-state index is -0.146. The number of hydrogen-bond acceptors (Lipinski definition) is 4. The number of hydrogen-bond donors (Lipinski definition) is 1. The molecule has 3 heterocycles. The number of carbonyl (C=O) groups is 2. The van der Waals surface area contributed by atoms with E-state index in [1.165, 1.54) is 0 Å². The lowest BCUT2D eigenvalue weighted by molar-refractivity contribution is -0.135. The molecule has 3 saturated heterocycles. The topological polar surface area (TPSA) is 61.9 Å². The summed E-state index contributed by atoms with van der Waals surface area (Å²) in [7, 11) is 0. The second kappa shape index (κ2) is 7.37. The monoisotopic (exact) mass is 357 g/mol. The van der Waals surface area contributed by atoms with Crippen molar-refractivity contribution in [3.63, 3.8) is 0 Å². The van der Waals surface area contributed by atoms with Crippen LogP contribution < -0.4 is 5.32 Å². The Morgan fingerprint density at radius 3 is 2.50 bits per heavy atom. The Morgan fingerprint density at radius 2 is 1.81 bits per heavy atom. The van der Waals surface area contributed by atoms with Crippen molar-refractivity contribution in [1.29, 1.82) is 0 Å². The van der Waals surface area contributed by atoms with Gasteiger partial charge in [0.05, 0.1) is 25.7 Å². The summed E-state index contributed by atoms with van der Waals surface area (Å²) in [6, 6.07) is 10.0. The fourth-order valence-electron chi connectivity index (χ4n) is 4.40. The third-order valence-electron chi connectivity index (χ3n) is 6.04. The number of nitrogens with one attached hydrogen (secondary N) is 1. The molecule has 1 aromatic carbocycles. The SMILES string of the molecule is O=C1NC2(CCN(C(=O)CN3CCOCC3)CC2)CC1c1ccccc1. The quantitative estimate of drug-likeness (QED) is 0.876. The zero-order chi connectivity index (χ0) is 18.0. The van der Waals surface area contributed by atoms with Crippen LogP contribution in [-0.4, -0.2) is 73.1 Å². The Bertz CT molecular complexity index is 650. The molecule has 0 bridgehead atoms. The zero-order valence-corrected chi connectivity index (χ0v) is 15.2. The van der Waals surface area contributed by atoms with Gasteiger partial charge in [-0.15, -0.1) is 0 Å². The molecule has 3 aliphatic heterocycles. The molecule has 6 nitrogen and oxygen atoms in total. The molecule has 140 valence electrons. The van der Waals surface area contributed by atoms with Crippen LogP contribution in [0.15, 0.2) is 30.3 Å². The number of rotatable bonds is 3. The van der Waals surface area contributed by atoms with Crippen molar-refractivity contribution in [3.05, 3.63) is 35.9 Å². The molecule has 0 aliphatic carbocycles. The second-order valence-electron chi connectivity index (χ2n) is 7.71. The van der Waals surface area contributed by atoms with Gasteiger partial charge in [-0.1, -0.05) is 30.3 Å². The van der Waals surface area contributed by atoms with Gasteiger partial charge in [-0.25, -0.2) is 0 Å². The van der Waals surface area contributed by atoms with Crippen LogP contribution in [0.1, 0.15) is 30.7 Å². The van der Waals surface area contributed by atoms with E-state index in [4.69, 9.17) is 4.74 Å². The number of ether oxygens (including phenoxy) is 1. The van der Waals surface area contributed by atoms with Gasteiger partial charge in [0.2, 0.25) is 11.8 Å². The number of carbonyl (C=O) groups excluding carboxylic acids is 2. The van der Waals surface area contributed by atoms with Crippen molar-refractivity contribution in [2.24, 2.45) is 0 Å². The molecule has 1 aromatic rings. The van der Waals surface area contributed by atoms with Crippen LogP contribution in [0.3, 0.4) is 0 Å². The number of piperidine rings is 1. The smallest absolute Gasteiger partial charge is 0.236 e. The number of morpholine rings is 1. The van der Waals surface area contributed by atoms with Crippen LogP contribution >= 0.6 is 0 Å². The number of nitrogens with zero attached hydrogens (tertiary/aromatic N) is 2. The largest absolute Gasteiger partial charge is 0.379 e. The average molecular weight is 357 g/mol. The van der Waals surface area contributed by atoms with E-state index in [2.05, 4.69) is 10.2 Å². The predicted octanol–water partition coefficient (Wildman–Crippen LogP) is 0.984. The minimum Gasteiger partial charge on any atom is -0.379 e. The lowest BCUT2D eigenvalue weighted by Gasteiger charge is -2.40. The van der Waals surface area contributed by atoms with Crippen LogP contribution in [0, 0.1) is 0 Å². The van der Waals surface area contributed by atoms with Gasteiger partial charge in [-0.05, 0) is 24.8 Å². The highest BCUT2D eigenvalue weighted by Crippen LogP contribution is 2.39. The highest BCUT2D eigenvalue weighted by Gasteiger charge is 2.46. The summed E-state index contributed by atoms with van der Waals surface area (Å²) in [6.45, 7) is 5.02. The van der Waals surface area contributed by atoms with Crippen molar-refractivity contribution in [3.8, 4) is 0 Å². The number of likely N-dealkylation sites (tertiary alicyclic amines) is 1. The Morgan fingerprint density at radius 1 is 1.12 bits per heavy atom. The van der Waals surface area contributed by atoms with E-state index in [9.17, 15) is 9.59 Å². The molecule has 0 radical (unpaired) electrons. The van der Waals surface area contributed by atoms with Crippen LogP contribution in [0.25, 0.3) is 0 Å². The van der Waals surface area contributed by atoms with E-state index in [1.54, 1.807) is 0 Å². The average Bonchev–Trinajstić information content (AvgIpc) is 2.99. The van der Waals surface area contributed by atoms with E-state index in [-0.39, 0.29) is 23.3 Å². The summed E-state index contributed by atoms with van der Waals surface area (Å²) in [6.07, 6.45) is 2.52. The van der Waals surface area contributed by atoms with Gasteiger partial charge in [-0.2, -0.15) is 0 Å². The number of amides is 2. The Balaban J connectivity index is 1.33. The van der Waals surface area contributed by atoms with E-state index in [1.807, 2.05) is 35.2 Å². The van der Waals surface area contributed by atoms with Gasteiger partial charge in [0.15, 0.2) is 0 Å². The van der Waals surface area contributed by atoms with E-state index >= 15 is 0 Å². The highest BCUT2D eigenvalue weighted by molar-refractivity contribution is 5.87. The molecule has 2 amide bonds. The van der Waals surface area contributed by atoms with E-state index < -0.39 is 0 Å². The van der Waals surface area contributed by atoms with Gasteiger partial charge in [0.1, 0.15) is 0 Å². The second-order valence-corrected chi connectivity index (χ2v) is 7.71. The maximum absolute atomic E-state index is 12.6. The van der Waals surface area contributed by atoms with Crippen LogP contribution in [-0.2, 0) is 14.3 Å². The maximum atomic E-state index is 12.6. The summed E-state index contributed by atoms with van der Waals surface area (Å²) >= 11 is 0. The molecule has 1 atom stereocenters. The molecule has 3 aliphatic rings. The van der Waals surface area contributed by atoms with Crippen molar-refractivity contribution in [2.75, 3.05) is 45.9 Å². The molecular formula is C20H27N3O3. The molecular weight excluding hydrogens is 330 g/mol. The Hall–Kier alpha value is -1.92. The summed E-state index contributed by atoms with van der Waals surface area (Å²) in [4.78, 5) is 29.2. The lowest BCUT2D eigenvalue weighted by atomic mass is 9.82. The first-order chi connectivity index (χ1) is 12.7. The summed E-state index contributed by atoms with van der Waals surface area (Å²) < 4.78 is 5.34. The standard InChI is InChI=1S/C20H27N3O3/c24-18(15-22-10-12-26-13-11-22)23-8-6-20(7-9-23)14-17(19(25)21-20)16-4-2-1-3-5-16/h1-5,17H,6-15H2,(H,21,25). The fourth-order valence-corrected chi connectivity index (χ4v) is 4.40. The lowest BCUT2D eigenvalue weighted by Crippen LogP contribution is -2.54. The predicted molar refractivity (Wildman–Crippen MR) is 97.7 cm³/mol. The molecule has 0 saturated carbocycles. The maximum Gasteiger partial charge on any atom is 0.236 e. The minimum absolute atomic E-state index is 0.0631. The summed E-state index contributed by atoms with van der Waals surface area (Å²) in [5.74, 6) is 0.266. The molecule has 1 spiro atoms. The highest BCUT2D eigenvalue weighted by atomic mass is 16.5. The summed E-state index contributed by atoms with van der Waals surface area (Å²) in [5.41, 5.74) is 0.945. The van der Waals surface area contributed by atoms with Gasteiger partial charge >= 0.3 is 0 Å². The molecule has 26 heavy (non-hydrogen) atoms. The number of benzene rings is 1. The van der Waals surface area contributed by atoms with Gasteiger partial charge in [-0.3, -0.25) is 14.5 Å². The van der Waals surface area contributed by atoms with Crippen molar-refractivity contribution < 1.29 is 14.3 Å². The van der Waals surface area contributed by atoms with Gasteiger partial charge in [0, 0.05) is 31.7 Å². The molecule has 3 fully saturated rings. The zero-order valence-electron chi connectivity index (χ0n) is 15.2. The molecule has 0 aromatic heterocycles. The first-order valence-corrected chi connectivity index (χ1v) is 9.60. The van der Waals surface area contributed by atoms with Crippen LogP contribution in [0.2, 0.25) is 0 Å². The normalized spacial score (nSPS) is 26.1.